The lowest BCUT2D eigenvalue weighted by Gasteiger charge is -2.26. The average Bonchev–Trinajstić information content (AvgIpc) is 2.79. The second kappa shape index (κ2) is 6.22. The summed E-state index contributed by atoms with van der Waals surface area (Å²) in [4.78, 5) is 3.33. The van der Waals surface area contributed by atoms with Crippen molar-refractivity contribution in [2.75, 3.05) is 6.61 Å². The molecule has 0 spiro atoms. The summed E-state index contributed by atoms with van der Waals surface area (Å²) in [5.41, 5.74) is 2.21. The van der Waals surface area contributed by atoms with E-state index in [1.165, 1.54) is 31.2 Å². The first-order chi connectivity index (χ1) is 10.2. The van der Waals surface area contributed by atoms with Gasteiger partial charge in [0.2, 0.25) is 0 Å². The zero-order valence-corrected chi connectivity index (χ0v) is 13.7. The van der Waals surface area contributed by atoms with Crippen molar-refractivity contribution >= 4 is 23.3 Å². The van der Waals surface area contributed by atoms with Crippen LogP contribution in [0.5, 0.6) is 5.75 Å². The third-order valence-corrected chi connectivity index (χ3v) is 4.97. The second-order valence-electron chi connectivity index (χ2n) is 6.25. The van der Waals surface area contributed by atoms with Crippen LogP contribution in [0.2, 0.25) is 0 Å². The van der Waals surface area contributed by atoms with Gasteiger partial charge in [-0.05, 0) is 56.0 Å². The molecule has 0 amide bonds. The molecule has 0 unspecified atom stereocenters. The molecule has 4 heteroatoms. The molecule has 1 aromatic carbocycles. The molecule has 1 aliphatic rings. The highest BCUT2D eigenvalue weighted by molar-refractivity contribution is 7.71. The number of aromatic nitrogens is 2. The Morgan fingerprint density at radius 1 is 1.29 bits per heavy atom. The molecular formula is C17H24N2OS. The number of fused-ring (bicyclic) bond motifs is 1. The minimum Gasteiger partial charge on any atom is -0.492 e. The molecule has 0 aliphatic heterocycles. The van der Waals surface area contributed by atoms with E-state index in [0.29, 0.717) is 6.61 Å². The Balaban J connectivity index is 1.90. The van der Waals surface area contributed by atoms with Crippen molar-refractivity contribution in [1.29, 1.82) is 0 Å². The van der Waals surface area contributed by atoms with Crippen molar-refractivity contribution in [1.82, 2.24) is 9.55 Å². The van der Waals surface area contributed by atoms with Gasteiger partial charge in [0.15, 0.2) is 4.77 Å². The molecule has 0 saturated heterocycles. The van der Waals surface area contributed by atoms with Gasteiger partial charge in [0.25, 0.3) is 0 Å². The summed E-state index contributed by atoms with van der Waals surface area (Å²) in [5.74, 6) is 2.54. The number of nitrogens with one attached hydrogen (secondary N) is 1. The second-order valence-corrected chi connectivity index (χ2v) is 6.64. The van der Waals surface area contributed by atoms with Crippen LogP contribution in [0.1, 0.15) is 39.5 Å². The van der Waals surface area contributed by atoms with Crippen LogP contribution in [0.4, 0.5) is 0 Å². The van der Waals surface area contributed by atoms with Gasteiger partial charge in [-0.2, -0.15) is 0 Å². The molecule has 1 N–H and O–H groups in total. The Labute approximate surface area is 131 Å². The van der Waals surface area contributed by atoms with E-state index >= 15 is 0 Å². The Hall–Kier alpha value is -1.29. The van der Waals surface area contributed by atoms with Crippen molar-refractivity contribution in [2.24, 2.45) is 11.8 Å². The van der Waals surface area contributed by atoms with Gasteiger partial charge in [0.1, 0.15) is 11.3 Å². The van der Waals surface area contributed by atoms with Gasteiger partial charge in [0, 0.05) is 6.54 Å². The Bertz CT molecular complexity index is 665. The highest BCUT2D eigenvalue weighted by atomic mass is 32.1. The predicted octanol–water partition coefficient (Wildman–Crippen LogP) is 4.92. The summed E-state index contributed by atoms with van der Waals surface area (Å²) < 4.78 is 8.77. The monoisotopic (exact) mass is 304 g/mol. The van der Waals surface area contributed by atoms with Gasteiger partial charge < -0.3 is 14.3 Å². The first kappa shape index (κ1) is 14.6. The fraction of sp³-hybridized carbons (Fsp3) is 0.588. The standard InChI is InChI=1S/C17H24N2OS/c1-3-20-15-6-4-5-14-16(15)18-17(21)19(14)11-13-9-7-12(2)8-10-13/h4-6,12-13H,3,7-11H2,1-2H3,(H,18,21). The Morgan fingerprint density at radius 2 is 2.05 bits per heavy atom. The number of ether oxygens (including phenoxy) is 1. The van der Waals surface area contributed by atoms with E-state index in [0.717, 1.165) is 34.4 Å². The van der Waals surface area contributed by atoms with Crippen LogP contribution in [-0.4, -0.2) is 16.2 Å². The predicted molar refractivity (Wildman–Crippen MR) is 89.4 cm³/mol. The fourth-order valence-corrected chi connectivity index (χ4v) is 3.66. The van der Waals surface area contributed by atoms with Gasteiger partial charge in [-0.3, -0.25) is 0 Å². The van der Waals surface area contributed by atoms with Crippen molar-refractivity contribution in [3.05, 3.63) is 23.0 Å². The van der Waals surface area contributed by atoms with E-state index in [2.05, 4.69) is 28.6 Å². The Morgan fingerprint density at radius 3 is 2.76 bits per heavy atom. The van der Waals surface area contributed by atoms with Crippen molar-refractivity contribution in [3.63, 3.8) is 0 Å². The lowest BCUT2D eigenvalue weighted by atomic mass is 9.83. The third kappa shape index (κ3) is 3.00. The average molecular weight is 304 g/mol. The zero-order valence-electron chi connectivity index (χ0n) is 12.9. The Kier molecular flexibility index (Phi) is 4.34. The van der Waals surface area contributed by atoms with Crippen LogP contribution in [0, 0.1) is 16.6 Å². The maximum Gasteiger partial charge on any atom is 0.178 e. The smallest absolute Gasteiger partial charge is 0.178 e. The van der Waals surface area contributed by atoms with Crippen molar-refractivity contribution in [3.8, 4) is 5.75 Å². The maximum absolute atomic E-state index is 5.70. The molecule has 1 aromatic heterocycles. The maximum atomic E-state index is 5.70. The van der Waals surface area contributed by atoms with Crippen LogP contribution in [0.15, 0.2) is 18.2 Å². The summed E-state index contributed by atoms with van der Waals surface area (Å²) >= 11 is 5.54. The highest BCUT2D eigenvalue weighted by Gasteiger charge is 2.20. The van der Waals surface area contributed by atoms with E-state index in [4.69, 9.17) is 17.0 Å². The normalized spacial score (nSPS) is 22.6. The molecule has 1 saturated carbocycles. The largest absolute Gasteiger partial charge is 0.492 e. The quantitative estimate of drug-likeness (QED) is 0.812. The van der Waals surface area contributed by atoms with Crippen LogP contribution < -0.4 is 4.74 Å². The van der Waals surface area contributed by atoms with Crippen molar-refractivity contribution < 1.29 is 4.74 Å². The van der Waals surface area contributed by atoms with Gasteiger partial charge in [-0.25, -0.2) is 0 Å². The van der Waals surface area contributed by atoms with Crippen molar-refractivity contribution in [2.45, 2.75) is 46.1 Å². The van der Waals surface area contributed by atoms with Crippen LogP contribution in [0.25, 0.3) is 11.0 Å². The number of nitrogens with zero attached hydrogens (tertiary/aromatic N) is 1. The number of aromatic amines is 1. The molecule has 1 fully saturated rings. The fourth-order valence-electron chi connectivity index (χ4n) is 3.38. The number of rotatable bonds is 4. The van der Waals surface area contributed by atoms with E-state index in [1.54, 1.807) is 0 Å². The van der Waals surface area contributed by atoms with Crippen LogP contribution in [0.3, 0.4) is 0 Å². The van der Waals surface area contributed by atoms with Gasteiger partial charge in [-0.15, -0.1) is 0 Å². The number of hydrogen-bond acceptors (Lipinski definition) is 2. The molecule has 0 atom stereocenters. The first-order valence-electron chi connectivity index (χ1n) is 8.03. The number of para-hydroxylation sites is 1. The van der Waals surface area contributed by atoms with E-state index < -0.39 is 0 Å². The molecular weight excluding hydrogens is 280 g/mol. The zero-order chi connectivity index (χ0) is 14.8. The first-order valence-corrected chi connectivity index (χ1v) is 8.44. The van der Waals surface area contributed by atoms with Gasteiger partial charge in [0.05, 0.1) is 12.1 Å². The van der Waals surface area contributed by atoms with Gasteiger partial charge in [-0.1, -0.05) is 25.8 Å². The molecule has 114 valence electrons. The molecule has 21 heavy (non-hydrogen) atoms. The lowest BCUT2D eigenvalue weighted by molar-refractivity contribution is 0.266. The SMILES string of the molecule is CCOc1cccc2c1[nH]c(=S)n2CC1CCC(C)CC1. The van der Waals surface area contributed by atoms with E-state index in [1.807, 2.05) is 13.0 Å². The molecule has 0 bridgehead atoms. The highest BCUT2D eigenvalue weighted by Crippen LogP contribution is 2.31. The molecule has 0 radical (unpaired) electrons. The lowest BCUT2D eigenvalue weighted by Crippen LogP contribution is -2.17. The van der Waals surface area contributed by atoms with E-state index in [9.17, 15) is 0 Å². The summed E-state index contributed by atoms with van der Waals surface area (Å²) in [5, 5.41) is 0. The molecule has 3 nitrogen and oxygen atoms in total. The summed E-state index contributed by atoms with van der Waals surface area (Å²) in [6.07, 6.45) is 5.34. The summed E-state index contributed by atoms with van der Waals surface area (Å²) in [7, 11) is 0. The third-order valence-electron chi connectivity index (χ3n) is 4.65. The number of benzene rings is 1. The molecule has 1 heterocycles. The molecule has 3 rings (SSSR count). The number of hydrogen-bond donors (Lipinski definition) is 1. The minimum atomic E-state index is 0.672. The van der Waals surface area contributed by atoms with Crippen LogP contribution in [-0.2, 0) is 6.54 Å². The number of H-pyrrole nitrogens is 1. The number of imidazole rings is 1. The topological polar surface area (TPSA) is 29.9 Å². The molecule has 2 aromatic rings. The summed E-state index contributed by atoms with van der Waals surface area (Å²) in [6, 6.07) is 6.19. The van der Waals surface area contributed by atoms with Gasteiger partial charge >= 0.3 is 0 Å². The molecule has 1 aliphatic carbocycles. The summed E-state index contributed by atoms with van der Waals surface area (Å²) in [6.45, 7) is 6.07. The minimum absolute atomic E-state index is 0.672. The van der Waals surface area contributed by atoms with E-state index in [-0.39, 0.29) is 0 Å². The van der Waals surface area contributed by atoms with Crippen LogP contribution >= 0.6 is 12.2 Å².